The highest BCUT2D eigenvalue weighted by molar-refractivity contribution is 7.98. The van der Waals surface area contributed by atoms with E-state index in [1.54, 1.807) is 0 Å². The molecule has 17 heavy (non-hydrogen) atoms. The van der Waals surface area contributed by atoms with Crippen LogP contribution in [0.25, 0.3) is 0 Å². The Morgan fingerprint density at radius 3 is 2.82 bits per heavy atom. The van der Waals surface area contributed by atoms with Crippen LogP contribution in [-0.2, 0) is 4.79 Å². The minimum atomic E-state index is 0.233. The highest BCUT2D eigenvalue weighted by Gasteiger charge is 2.14. The van der Waals surface area contributed by atoms with Crippen LogP contribution in [0.2, 0.25) is 0 Å². The van der Waals surface area contributed by atoms with Crippen molar-refractivity contribution in [3.05, 3.63) is 0 Å². The summed E-state index contributed by atoms with van der Waals surface area (Å²) in [6, 6.07) is 0. The zero-order valence-electron chi connectivity index (χ0n) is 11.1. The van der Waals surface area contributed by atoms with Gasteiger partial charge in [0.05, 0.1) is 0 Å². The number of hydrogen-bond donors (Lipinski definition) is 2. The minimum absolute atomic E-state index is 0.233. The van der Waals surface area contributed by atoms with Gasteiger partial charge >= 0.3 is 0 Å². The van der Waals surface area contributed by atoms with Gasteiger partial charge in [-0.3, -0.25) is 4.79 Å². The first-order valence-electron chi connectivity index (χ1n) is 6.68. The predicted octanol–water partition coefficient (Wildman–Crippen LogP) is 1.88. The van der Waals surface area contributed by atoms with E-state index in [0.29, 0.717) is 12.3 Å². The second-order valence-corrected chi connectivity index (χ2v) is 6.01. The number of amides is 1. The largest absolute Gasteiger partial charge is 0.356 e. The van der Waals surface area contributed by atoms with Crippen molar-refractivity contribution in [1.82, 2.24) is 10.6 Å². The molecule has 0 aromatic heterocycles. The minimum Gasteiger partial charge on any atom is -0.356 e. The van der Waals surface area contributed by atoms with Crippen molar-refractivity contribution >= 4 is 17.7 Å². The smallest absolute Gasteiger partial charge is 0.220 e. The van der Waals surface area contributed by atoms with Gasteiger partial charge < -0.3 is 10.6 Å². The molecule has 2 N–H and O–H groups in total. The summed E-state index contributed by atoms with van der Waals surface area (Å²) >= 11 is 1.84. The van der Waals surface area contributed by atoms with Crippen LogP contribution in [0, 0.1) is 11.8 Å². The topological polar surface area (TPSA) is 41.1 Å². The average Bonchev–Trinajstić information content (AvgIpc) is 2.35. The summed E-state index contributed by atoms with van der Waals surface area (Å²) in [7, 11) is 0. The average molecular weight is 258 g/mol. The van der Waals surface area contributed by atoms with Crippen molar-refractivity contribution in [3.63, 3.8) is 0 Å². The Labute approximate surface area is 109 Å². The Kier molecular flexibility index (Phi) is 7.69. The third kappa shape index (κ3) is 6.94. The lowest BCUT2D eigenvalue weighted by molar-refractivity contribution is -0.121. The zero-order valence-corrected chi connectivity index (χ0v) is 11.9. The van der Waals surface area contributed by atoms with Crippen LogP contribution >= 0.6 is 11.8 Å². The molecule has 1 aliphatic heterocycles. The third-order valence-corrected chi connectivity index (χ3v) is 4.24. The first-order valence-corrected chi connectivity index (χ1v) is 8.08. The van der Waals surface area contributed by atoms with Crippen LogP contribution in [-0.4, -0.2) is 37.6 Å². The number of carbonyl (C=O) groups excluding carboxylic acids is 1. The fourth-order valence-corrected chi connectivity index (χ4v) is 2.91. The maximum absolute atomic E-state index is 11.7. The second-order valence-electron chi connectivity index (χ2n) is 5.10. The molecule has 0 saturated carbocycles. The molecule has 3 nitrogen and oxygen atoms in total. The molecule has 0 bridgehead atoms. The zero-order chi connectivity index (χ0) is 12.5. The number of hydrogen-bond acceptors (Lipinski definition) is 3. The maximum atomic E-state index is 11.7. The predicted molar refractivity (Wildman–Crippen MR) is 75.4 cm³/mol. The summed E-state index contributed by atoms with van der Waals surface area (Å²) in [4.78, 5) is 11.7. The molecular formula is C13H26N2OS. The molecule has 0 aliphatic carbocycles. The van der Waals surface area contributed by atoms with Crippen molar-refractivity contribution in [2.75, 3.05) is 31.6 Å². The number of carbonyl (C=O) groups is 1. The fourth-order valence-electron chi connectivity index (χ4n) is 2.23. The van der Waals surface area contributed by atoms with Gasteiger partial charge in [0.1, 0.15) is 0 Å². The highest BCUT2D eigenvalue weighted by atomic mass is 32.2. The molecule has 1 fully saturated rings. The monoisotopic (exact) mass is 258 g/mol. The molecule has 1 saturated heterocycles. The van der Waals surface area contributed by atoms with Gasteiger partial charge in [-0.25, -0.2) is 0 Å². The normalized spacial score (nSPS) is 18.9. The molecule has 1 aliphatic rings. The van der Waals surface area contributed by atoms with Gasteiger partial charge in [0.15, 0.2) is 0 Å². The van der Waals surface area contributed by atoms with Crippen molar-refractivity contribution in [1.29, 1.82) is 0 Å². The summed E-state index contributed by atoms with van der Waals surface area (Å²) in [5.74, 6) is 2.68. The van der Waals surface area contributed by atoms with Gasteiger partial charge in [-0.2, -0.15) is 11.8 Å². The van der Waals surface area contributed by atoms with Crippen molar-refractivity contribution < 1.29 is 4.79 Å². The molecule has 0 aromatic rings. The molecule has 4 heteroatoms. The molecule has 1 heterocycles. The lowest BCUT2D eigenvalue weighted by atomic mass is 9.93. The summed E-state index contributed by atoms with van der Waals surface area (Å²) in [6.45, 7) is 5.25. The SMILES string of the molecule is CSCC(C)CNC(=O)CCC1CCNCC1. The molecule has 0 radical (unpaired) electrons. The number of piperidine rings is 1. The molecule has 1 rings (SSSR count). The van der Waals surface area contributed by atoms with Gasteiger partial charge in [-0.05, 0) is 56.2 Å². The molecule has 1 amide bonds. The van der Waals surface area contributed by atoms with Gasteiger partial charge in [-0.1, -0.05) is 6.92 Å². The van der Waals surface area contributed by atoms with E-state index < -0.39 is 0 Å². The number of nitrogens with one attached hydrogen (secondary N) is 2. The molecule has 100 valence electrons. The van der Waals surface area contributed by atoms with Crippen LogP contribution in [0.4, 0.5) is 0 Å². The van der Waals surface area contributed by atoms with E-state index in [1.165, 1.54) is 12.8 Å². The Bertz CT molecular complexity index is 217. The van der Waals surface area contributed by atoms with Crippen molar-refractivity contribution in [3.8, 4) is 0 Å². The third-order valence-electron chi connectivity index (χ3n) is 3.34. The molecular weight excluding hydrogens is 232 g/mol. The van der Waals surface area contributed by atoms with E-state index in [9.17, 15) is 4.79 Å². The van der Waals surface area contributed by atoms with Crippen LogP contribution in [0.15, 0.2) is 0 Å². The van der Waals surface area contributed by atoms with E-state index in [1.807, 2.05) is 11.8 Å². The quantitative estimate of drug-likeness (QED) is 0.732. The Morgan fingerprint density at radius 1 is 1.47 bits per heavy atom. The molecule has 0 spiro atoms. The lowest BCUT2D eigenvalue weighted by Gasteiger charge is -2.22. The molecule has 1 unspecified atom stereocenters. The molecule has 0 aromatic carbocycles. The van der Waals surface area contributed by atoms with Crippen LogP contribution in [0.5, 0.6) is 0 Å². The van der Waals surface area contributed by atoms with Gasteiger partial charge in [0, 0.05) is 13.0 Å². The van der Waals surface area contributed by atoms with E-state index >= 15 is 0 Å². The van der Waals surface area contributed by atoms with Gasteiger partial charge in [0.2, 0.25) is 5.91 Å². The summed E-state index contributed by atoms with van der Waals surface area (Å²) in [5.41, 5.74) is 0. The van der Waals surface area contributed by atoms with Crippen molar-refractivity contribution in [2.24, 2.45) is 11.8 Å². The summed E-state index contributed by atoms with van der Waals surface area (Å²) in [5, 5.41) is 6.39. The summed E-state index contributed by atoms with van der Waals surface area (Å²) < 4.78 is 0. The first-order chi connectivity index (χ1) is 8.22. The van der Waals surface area contributed by atoms with Crippen LogP contribution in [0.1, 0.15) is 32.6 Å². The number of rotatable bonds is 7. The van der Waals surface area contributed by atoms with Crippen molar-refractivity contribution in [2.45, 2.75) is 32.6 Å². The first kappa shape index (κ1) is 14.8. The maximum Gasteiger partial charge on any atom is 0.220 e. The number of thioether (sulfide) groups is 1. The standard InChI is InChI=1S/C13H26N2OS/c1-11(10-17-2)9-15-13(16)4-3-12-5-7-14-8-6-12/h11-12,14H,3-10H2,1-2H3,(H,15,16). The highest BCUT2D eigenvalue weighted by Crippen LogP contribution is 2.17. The second kappa shape index (κ2) is 8.81. The molecule has 1 atom stereocenters. The van der Waals surface area contributed by atoms with Gasteiger partial charge in [-0.15, -0.1) is 0 Å². The van der Waals surface area contributed by atoms with Crippen LogP contribution in [0.3, 0.4) is 0 Å². The van der Waals surface area contributed by atoms with E-state index in [4.69, 9.17) is 0 Å². The van der Waals surface area contributed by atoms with Crippen LogP contribution < -0.4 is 10.6 Å². The van der Waals surface area contributed by atoms with Gasteiger partial charge in [0.25, 0.3) is 0 Å². The van der Waals surface area contributed by atoms with E-state index in [2.05, 4.69) is 23.8 Å². The van der Waals surface area contributed by atoms with E-state index in [-0.39, 0.29) is 5.91 Å². The lowest BCUT2D eigenvalue weighted by Crippen LogP contribution is -2.31. The Balaban J connectivity index is 2.04. The fraction of sp³-hybridized carbons (Fsp3) is 0.923. The Hall–Kier alpha value is -0.220. The Morgan fingerprint density at radius 2 is 2.18 bits per heavy atom. The van der Waals surface area contributed by atoms with E-state index in [0.717, 1.165) is 37.7 Å². The summed E-state index contributed by atoms with van der Waals surface area (Å²) in [6.07, 6.45) is 6.34.